The van der Waals surface area contributed by atoms with Crippen molar-refractivity contribution < 1.29 is 23.2 Å². The molecule has 0 aliphatic carbocycles. The van der Waals surface area contributed by atoms with Crippen LogP contribution in [0.1, 0.15) is 17.1 Å². The number of benzene rings is 1. The zero-order valence-corrected chi connectivity index (χ0v) is 15.8. The average molecular weight is 417 g/mol. The lowest BCUT2D eigenvalue weighted by Crippen LogP contribution is -2.20. The van der Waals surface area contributed by atoms with E-state index in [0.717, 1.165) is 6.26 Å². The van der Waals surface area contributed by atoms with Gasteiger partial charge in [0.05, 0.1) is 11.9 Å². The Bertz CT molecular complexity index is 1150. The number of carbonyl (C=O) groups is 1. The van der Waals surface area contributed by atoms with Gasteiger partial charge in [-0.15, -0.1) is 9.19 Å². The largest absolute Gasteiger partial charge is 0.465 e. The van der Waals surface area contributed by atoms with E-state index in [2.05, 4.69) is 31.0 Å². The Labute approximate surface area is 164 Å². The highest BCUT2D eigenvalue weighted by atomic mass is 32.2. The third-order valence-electron chi connectivity index (χ3n) is 3.43. The molecule has 0 saturated carbocycles. The molecule has 12 nitrogen and oxygen atoms in total. The molecule has 0 spiro atoms. The summed E-state index contributed by atoms with van der Waals surface area (Å²) in [4.78, 5) is 20.1. The Hall–Kier alpha value is -3.87. The quantitative estimate of drug-likeness (QED) is 0.421. The predicted octanol–water partition coefficient (Wildman–Crippen LogP) is 0.935. The van der Waals surface area contributed by atoms with E-state index in [1.807, 2.05) is 0 Å². The number of anilines is 1. The first-order valence-electron chi connectivity index (χ1n) is 8.05. The van der Waals surface area contributed by atoms with E-state index in [9.17, 15) is 13.2 Å². The van der Waals surface area contributed by atoms with Gasteiger partial charge >= 0.3 is 6.09 Å². The fourth-order valence-electron chi connectivity index (χ4n) is 2.26. The van der Waals surface area contributed by atoms with Crippen LogP contribution in [-0.2, 0) is 21.5 Å². The van der Waals surface area contributed by atoms with Gasteiger partial charge in [-0.2, -0.15) is 0 Å². The van der Waals surface area contributed by atoms with E-state index in [1.54, 1.807) is 42.5 Å². The van der Waals surface area contributed by atoms with Crippen LogP contribution in [0, 0.1) is 0 Å². The van der Waals surface area contributed by atoms with E-state index in [4.69, 9.17) is 9.94 Å². The van der Waals surface area contributed by atoms with Crippen molar-refractivity contribution in [3.8, 4) is 0 Å². The number of hydrogen-bond acceptors (Lipinski definition) is 9. The van der Waals surface area contributed by atoms with E-state index in [-0.39, 0.29) is 24.0 Å². The summed E-state index contributed by atoms with van der Waals surface area (Å²) in [5.41, 5.74) is 1.03. The number of rotatable bonds is 7. The maximum absolute atomic E-state index is 11.9. The van der Waals surface area contributed by atoms with E-state index in [0.29, 0.717) is 15.3 Å². The molecule has 13 heteroatoms. The molecule has 0 unspecified atom stereocenters. The van der Waals surface area contributed by atoms with Crippen LogP contribution in [-0.4, -0.2) is 56.2 Å². The topological polar surface area (TPSA) is 162 Å². The van der Waals surface area contributed by atoms with Crippen molar-refractivity contribution in [2.24, 2.45) is 5.16 Å². The van der Waals surface area contributed by atoms with Crippen LogP contribution in [0.25, 0.3) is 0 Å². The molecular formula is C16H15N7O5S. The van der Waals surface area contributed by atoms with Gasteiger partial charge in [-0.25, -0.2) is 18.2 Å². The van der Waals surface area contributed by atoms with Gasteiger partial charge in [0, 0.05) is 5.56 Å². The third-order valence-corrected chi connectivity index (χ3v) is 4.30. The van der Waals surface area contributed by atoms with Crippen molar-refractivity contribution in [2.75, 3.05) is 11.6 Å². The summed E-state index contributed by atoms with van der Waals surface area (Å²) in [5.74, 6) is 0.0137. The Morgan fingerprint density at radius 1 is 1.21 bits per heavy atom. The van der Waals surface area contributed by atoms with Crippen molar-refractivity contribution in [1.82, 2.24) is 24.6 Å². The lowest BCUT2D eigenvalue weighted by Gasteiger charge is -2.07. The lowest BCUT2D eigenvalue weighted by molar-refractivity contribution is 0.128. The fourth-order valence-corrected chi connectivity index (χ4v) is 2.86. The van der Waals surface area contributed by atoms with Gasteiger partial charge in [-0.05, 0) is 22.6 Å². The molecule has 3 aromatic rings. The van der Waals surface area contributed by atoms with Crippen molar-refractivity contribution >= 4 is 27.6 Å². The Morgan fingerprint density at radius 3 is 2.66 bits per heavy atom. The number of nitrogens with zero attached hydrogens (tertiary/aromatic N) is 6. The molecule has 1 aromatic carbocycles. The molecule has 0 atom stereocenters. The number of nitrogens with one attached hydrogen (secondary N) is 1. The number of tetrazole rings is 1. The van der Waals surface area contributed by atoms with Gasteiger partial charge in [-0.1, -0.05) is 41.6 Å². The molecule has 2 N–H and O–H groups in total. The third kappa shape index (κ3) is 5.10. The van der Waals surface area contributed by atoms with Crippen molar-refractivity contribution in [3.63, 3.8) is 0 Å². The van der Waals surface area contributed by atoms with Gasteiger partial charge in [-0.3, -0.25) is 5.32 Å². The molecular weight excluding hydrogens is 402 g/mol. The predicted molar refractivity (Wildman–Crippen MR) is 101 cm³/mol. The summed E-state index contributed by atoms with van der Waals surface area (Å²) < 4.78 is 24.5. The van der Waals surface area contributed by atoms with Crippen LogP contribution in [0.15, 0.2) is 53.7 Å². The maximum Gasteiger partial charge on any atom is 0.410 e. The van der Waals surface area contributed by atoms with E-state index >= 15 is 0 Å². The zero-order chi connectivity index (χ0) is 20.9. The first-order chi connectivity index (χ1) is 13.8. The molecule has 0 aliphatic heterocycles. The molecule has 0 fully saturated rings. The van der Waals surface area contributed by atoms with Gasteiger partial charge in [0.1, 0.15) is 5.82 Å². The average Bonchev–Trinajstić information content (AvgIpc) is 3.16. The second-order valence-electron chi connectivity index (χ2n) is 5.63. The molecule has 2 heterocycles. The van der Waals surface area contributed by atoms with Crippen molar-refractivity contribution in [2.45, 2.75) is 6.61 Å². The standard InChI is InChI=1S/C16H15N7O5S/c1-29(26,27)23-15(19-21-22-23)14(11-6-3-2-4-7-11)20-28-10-12-8-5-9-13(17-12)18-16(24)25/h2-9H,10H2,1H3,(H,17,18)(H,24,25). The highest BCUT2D eigenvalue weighted by Gasteiger charge is 2.22. The molecule has 0 saturated heterocycles. The van der Waals surface area contributed by atoms with Crippen molar-refractivity contribution in [1.29, 1.82) is 0 Å². The summed E-state index contributed by atoms with van der Waals surface area (Å²) in [6, 6.07) is 13.3. The van der Waals surface area contributed by atoms with Crippen molar-refractivity contribution in [3.05, 3.63) is 65.6 Å². The van der Waals surface area contributed by atoms with Crippen LogP contribution in [0.3, 0.4) is 0 Å². The Kier molecular flexibility index (Phi) is 5.78. The van der Waals surface area contributed by atoms with Gasteiger partial charge in [0.2, 0.25) is 5.82 Å². The maximum atomic E-state index is 11.9. The number of carboxylic acid groups (broad SMARTS) is 1. The van der Waals surface area contributed by atoms with E-state index in [1.165, 1.54) is 6.07 Å². The minimum Gasteiger partial charge on any atom is -0.465 e. The molecule has 3 rings (SSSR count). The summed E-state index contributed by atoms with van der Waals surface area (Å²) >= 11 is 0. The smallest absolute Gasteiger partial charge is 0.410 e. The summed E-state index contributed by atoms with van der Waals surface area (Å²) in [6.07, 6.45) is -0.283. The summed E-state index contributed by atoms with van der Waals surface area (Å²) in [7, 11) is -3.77. The first-order valence-corrected chi connectivity index (χ1v) is 9.90. The second-order valence-corrected chi connectivity index (χ2v) is 7.44. The summed E-state index contributed by atoms with van der Waals surface area (Å²) in [6.45, 7) is -0.105. The normalized spacial score (nSPS) is 11.8. The number of hydrogen-bond donors (Lipinski definition) is 2. The fraction of sp³-hybridized carbons (Fsp3) is 0.125. The van der Waals surface area contributed by atoms with Crippen LogP contribution in [0.5, 0.6) is 0 Å². The minimum atomic E-state index is -3.77. The number of pyridine rings is 1. The Balaban J connectivity index is 1.90. The van der Waals surface area contributed by atoms with Gasteiger partial charge in [0.15, 0.2) is 12.3 Å². The highest BCUT2D eigenvalue weighted by molar-refractivity contribution is 7.89. The number of aromatic nitrogens is 5. The van der Waals surface area contributed by atoms with Gasteiger partial charge < -0.3 is 9.94 Å². The van der Waals surface area contributed by atoms with E-state index < -0.39 is 16.1 Å². The Morgan fingerprint density at radius 2 is 1.97 bits per heavy atom. The summed E-state index contributed by atoms with van der Waals surface area (Å²) in [5, 5.41) is 25.6. The molecule has 1 amide bonds. The van der Waals surface area contributed by atoms with Crippen LogP contribution < -0.4 is 5.32 Å². The first kappa shape index (κ1) is 19.9. The monoisotopic (exact) mass is 417 g/mol. The van der Waals surface area contributed by atoms with Crippen LogP contribution >= 0.6 is 0 Å². The number of amides is 1. The molecule has 2 aromatic heterocycles. The van der Waals surface area contributed by atoms with Crippen LogP contribution in [0.2, 0.25) is 0 Å². The number of oxime groups is 1. The molecule has 0 radical (unpaired) electrons. The zero-order valence-electron chi connectivity index (χ0n) is 15.0. The minimum absolute atomic E-state index is 0.0980. The SMILES string of the molecule is CS(=O)(=O)n1nnnc1C(=NOCc1cccc(NC(=O)O)n1)c1ccccc1. The molecule has 29 heavy (non-hydrogen) atoms. The lowest BCUT2D eigenvalue weighted by atomic mass is 10.1. The molecule has 0 aliphatic rings. The van der Waals surface area contributed by atoms with Gasteiger partial charge in [0.25, 0.3) is 10.0 Å². The van der Waals surface area contributed by atoms with Crippen LogP contribution in [0.4, 0.5) is 10.6 Å². The molecule has 150 valence electrons. The highest BCUT2D eigenvalue weighted by Crippen LogP contribution is 2.11. The molecule has 0 bridgehead atoms. The second kappa shape index (κ2) is 8.43.